The monoisotopic (exact) mass is 464 g/mol. The van der Waals surface area contributed by atoms with Gasteiger partial charge in [0.25, 0.3) is 0 Å². The fraction of sp³-hybridized carbons (Fsp3) is 0.0833. The predicted octanol–water partition coefficient (Wildman–Crippen LogP) is 5.68. The van der Waals surface area contributed by atoms with Crippen LogP contribution in [0.25, 0.3) is 6.08 Å². The van der Waals surface area contributed by atoms with E-state index in [0.717, 1.165) is 0 Å². The Morgan fingerprint density at radius 2 is 1.83 bits per heavy atom. The van der Waals surface area contributed by atoms with E-state index in [1.165, 1.54) is 0 Å². The first-order chi connectivity index (χ1) is 14.6. The summed E-state index contributed by atoms with van der Waals surface area (Å²) in [5, 5.41) is 0. The first-order valence-electron chi connectivity index (χ1n) is 9.33. The summed E-state index contributed by atoms with van der Waals surface area (Å²) in [5.41, 5.74) is 1.43. The molecule has 0 amide bonds. The van der Waals surface area contributed by atoms with Crippen LogP contribution in [0.15, 0.2) is 77.0 Å². The van der Waals surface area contributed by atoms with E-state index in [1.54, 1.807) is 66.7 Å². The number of rotatable bonds is 5. The summed E-state index contributed by atoms with van der Waals surface area (Å²) in [6, 6.07) is 19.1. The summed E-state index contributed by atoms with van der Waals surface area (Å²) in [7, 11) is 0. The number of allylic oxidation sites excluding steroid dienone is 1. The molecule has 3 aromatic carbocycles. The molecule has 0 bridgehead atoms. The number of ketones is 1. The van der Waals surface area contributed by atoms with Crippen molar-refractivity contribution < 1.29 is 23.8 Å². The molecule has 6 heteroatoms. The maximum Gasteiger partial charge on any atom is 0.344 e. The minimum Gasteiger partial charge on any atom is -0.494 e. The van der Waals surface area contributed by atoms with Gasteiger partial charge < -0.3 is 14.2 Å². The van der Waals surface area contributed by atoms with Crippen LogP contribution in [0.1, 0.15) is 33.2 Å². The molecule has 0 aliphatic carbocycles. The van der Waals surface area contributed by atoms with E-state index in [0.29, 0.717) is 45.0 Å². The van der Waals surface area contributed by atoms with Crippen molar-refractivity contribution in [3.05, 3.63) is 93.7 Å². The number of esters is 1. The first kappa shape index (κ1) is 19.9. The Labute approximate surface area is 182 Å². The first-order valence-corrected chi connectivity index (χ1v) is 10.1. The molecule has 0 spiro atoms. The van der Waals surface area contributed by atoms with Crippen LogP contribution in [0.3, 0.4) is 0 Å². The number of fused-ring (bicyclic) bond motifs is 1. The van der Waals surface area contributed by atoms with Crippen LogP contribution in [0.2, 0.25) is 0 Å². The maximum atomic E-state index is 12.7. The van der Waals surface area contributed by atoms with Crippen molar-refractivity contribution in [3.63, 3.8) is 0 Å². The Kier molecular flexibility index (Phi) is 5.68. The fourth-order valence-corrected chi connectivity index (χ4v) is 3.49. The highest BCUT2D eigenvalue weighted by Crippen LogP contribution is 2.36. The van der Waals surface area contributed by atoms with Gasteiger partial charge in [0, 0.05) is 16.1 Å². The number of para-hydroxylation sites is 1. The third-order valence-corrected chi connectivity index (χ3v) is 5.15. The van der Waals surface area contributed by atoms with Crippen molar-refractivity contribution in [1.82, 2.24) is 0 Å². The van der Waals surface area contributed by atoms with Crippen LogP contribution in [0, 0.1) is 0 Å². The fourth-order valence-electron chi connectivity index (χ4n) is 3.04. The third kappa shape index (κ3) is 4.00. The molecule has 0 radical (unpaired) electrons. The van der Waals surface area contributed by atoms with Gasteiger partial charge in [0.05, 0.1) is 17.7 Å². The predicted molar refractivity (Wildman–Crippen MR) is 116 cm³/mol. The Hall–Kier alpha value is -3.38. The van der Waals surface area contributed by atoms with Gasteiger partial charge in [-0.15, -0.1) is 0 Å². The zero-order chi connectivity index (χ0) is 21.1. The molecular weight excluding hydrogens is 448 g/mol. The molecule has 1 aliphatic heterocycles. The minimum absolute atomic E-state index is 0.156. The van der Waals surface area contributed by atoms with Gasteiger partial charge in [-0.3, -0.25) is 4.79 Å². The number of ether oxygens (including phenoxy) is 3. The Morgan fingerprint density at radius 1 is 1.07 bits per heavy atom. The topological polar surface area (TPSA) is 61.8 Å². The van der Waals surface area contributed by atoms with Crippen LogP contribution in [0.4, 0.5) is 0 Å². The normalized spacial score (nSPS) is 13.7. The zero-order valence-electron chi connectivity index (χ0n) is 16.1. The van der Waals surface area contributed by atoms with E-state index in [1.807, 2.05) is 13.0 Å². The lowest BCUT2D eigenvalue weighted by Crippen LogP contribution is -2.10. The largest absolute Gasteiger partial charge is 0.494 e. The second kappa shape index (κ2) is 8.55. The van der Waals surface area contributed by atoms with E-state index in [-0.39, 0.29) is 11.5 Å². The van der Waals surface area contributed by atoms with Gasteiger partial charge in [-0.2, -0.15) is 0 Å². The summed E-state index contributed by atoms with van der Waals surface area (Å²) < 4.78 is 17.4. The van der Waals surface area contributed by atoms with Crippen molar-refractivity contribution in [2.24, 2.45) is 0 Å². The lowest BCUT2D eigenvalue weighted by Gasteiger charge is -2.09. The second-order valence-electron chi connectivity index (χ2n) is 6.44. The third-order valence-electron chi connectivity index (χ3n) is 4.45. The summed E-state index contributed by atoms with van der Waals surface area (Å²) in [6.45, 7) is 2.41. The minimum atomic E-state index is -0.503. The number of carbonyl (C=O) groups excluding carboxylic acids is 2. The highest BCUT2D eigenvalue weighted by Gasteiger charge is 2.28. The summed E-state index contributed by atoms with van der Waals surface area (Å²) in [4.78, 5) is 25.3. The second-order valence-corrected chi connectivity index (χ2v) is 7.29. The Morgan fingerprint density at radius 3 is 2.63 bits per heavy atom. The van der Waals surface area contributed by atoms with Crippen LogP contribution >= 0.6 is 15.9 Å². The number of benzene rings is 3. The molecule has 1 aliphatic rings. The van der Waals surface area contributed by atoms with Crippen molar-refractivity contribution >= 4 is 33.8 Å². The molecule has 0 saturated carbocycles. The van der Waals surface area contributed by atoms with Crippen molar-refractivity contribution in [2.45, 2.75) is 6.92 Å². The van der Waals surface area contributed by atoms with E-state index in [4.69, 9.17) is 14.2 Å². The number of hydrogen-bond donors (Lipinski definition) is 0. The van der Waals surface area contributed by atoms with Crippen LogP contribution in [-0.4, -0.2) is 18.4 Å². The van der Waals surface area contributed by atoms with Gasteiger partial charge in [0.1, 0.15) is 17.2 Å². The molecule has 0 saturated heterocycles. The molecule has 0 aromatic heterocycles. The smallest absolute Gasteiger partial charge is 0.344 e. The van der Waals surface area contributed by atoms with Gasteiger partial charge >= 0.3 is 5.97 Å². The highest BCUT2D eigenvalue weighted by atomic mass is 79.9. The molecule has 0 unspecified atom stereocenters. The number of halogens is 1. The quantitative estimate of drug-likeness (QED) is 0.276. The van der Waals surface area contributed by atoms with E-state index in [9.17, 15) is 9.59 Å². The van der Waals surface area contributed by atoms with Gasteiger partial charge in [0.2, 0.25) is 5.78 Å². The lowest BCUT2D eigenvalue weighted by molar-refractivity contribution is 0.0733. The molecular formula is C24H17BrO5. The molecule has 150 valence electrons. The van der Waals surface area contributed by atoms with Crippen LogP contribution in [0.5, 0.6) is 17.2 Å². The lowest BCUT2D eigenvalue weighted by atomic mass is 10.1. The maximum absolute atomic E-state index is 12.7. The van der Waals surface area contributed by atoms with Gasteiger partial charge in [-0.1, -0.05) is 30.3 Å². The van der Waals surface area contributed by atoms with Crippen LogP contribution < -0.4 is 14.2 Å². The van der Waals surface area contributed by atoms with Crippen LogP contribution in [-0.2, 0) is 0 Å². The van der Waals surface area contributed by atoms with Gasteiger partial charge in [-0.25, -0.2) is 4.79 Å². The van der Waals surface area contributed by atoms with Gasteiger partial charge in [-0.05, 0) is 59.3 Å². The molecule has 1 heterocycles. The average molecular weight is 465 g/mol. The number of carbonyl (C=O) groups is 2. The molecule has 5 nitrogen and oxygen atoms in total. The zero-order valence-corrected chi connectivity index (χ0v) is 17.6. The standard InChI is InChI=1S/C24H17BrO5/c1-2-28-16-11-12-18-21(14-16)29-22(23(18)26)13-15-7-3-6-10-20(15)30-24(27)17-8-4-5-9-19(17)25/h3-14H,2H2,1H3/b22-13-. The molecule has 0 N–H and O–H groups in total. The SMILES string of the molecule is CCOc1ccc2c(c1)O/C(=C\c1ccccc1OC(=O)c1ccccc1Br)C2=O. The highest BCUT2D eigenvalue weighted by molar-refractivity contribution is 9.10. The molecule has 0 fully saturated rings. The Bertz CT molecular complexity index is 1170. The van der Waals surface area contributed by atoms with Crippen molar-refractivity contribution in [2.75, 3.05) is 6.61 Å². The van der Waals surface area contributed by atoms with Crippen molar-refractivity contribution in [3.8, 4) is 17.2 Å². The molecule has 3 aromatic rings. The number of Topliss-reactive ketones (excluding diaryl/α,β-unsaturated/α-hetero) is 1. The summed E-state index contributed by atoms with van der Waals surface area (Å²) >= 11 is 3.35. The van der Waals surface area contributed by atoms with E-state index < -0.39 is 5.97 Å². The number of hydrogen-bond acceptors (Lipinski definition) is 5. The summed E-state index contributed by atoms with van der Waals surface area (Å²) in [6.07, 6.45) is 1.57. The molecule has 4 rings (SSSR count). The molecule has 0 atom stereocenters. The average Bonchev–Trinajstić information content (AvgIpc) is 3.05. The Balaban J connectivity index is 1.61. The van der Waals surface area contributed by atoms with E-state index in [2.05, 4.69) is 15.9 Å². The van der Waals surface area contributed by atoms with Gasteiger partial charge in [0.15, 0.2) is 5.76 Å². The summed E-state index contributed by atoms with van der Waals surface area (Å²) in [5.74, 6) is 0.820. The van der Waals surface area contributed by atoms with E-state index >= 15 is 0 Å². The molecule has 30 heavy (non-hydrogen) atoms. The van der Waals surface area contributed by atoms with Crippen molar-refractivity contribution in [1.29, 1.82) is 0 Å².